The number of hydrogen-bond donors (Lipinski definition) is 2. The summed E-state index contributed by atoms with van der Waals surface area (Å²) in [7, 11) is 0. The van der Waals surface area contributed by atoms with Gasteiger partial charge in [0, 0.05) is 0 Å². The molecule has 0 spiro atoms. The number of carbonyl (C=O) groups is 2. The van der Waals surface area contributed by atoms with Crippen molar-refractivity contribution >= 4 is 76.6 Å². The number of carboxylic acids is 2. The van der Waals surface area contributed by atoms with Crippen LogP contribution in [0.4, 0.5) is 0 Å². The Hall–Kier alpha value is -6.33. The summed E-state index contributed by atoms with van der Waals surface area (Å²) in [5, 5.41) is 32.0. The van der Waals surface area contributed by atoms with Crippen LogP contribution >= 0.6 is 0 Å². The van der Waals surface area contributed by atoms with Crippen LogP contribution < -0.4 is 0 Å². The molecule has 0 aromatic heterocycles. The van der Waals surface area contributed by atoms with Gasteiger partial charge in [0.1, 0.15) is 0 Å². The Morgan fingerprint density at radius 3 is 0.868 bits per heavy atom. The molecule has 0 heterocycles. The minimum absolute atomic E-state index is 0. The second-order valence-corrected chi connectivity index (χ2v) is 12.3. The molecule has 10 aromatic rings. The third-order valence-electron chi connectivity index (χ3n) is 9.09. The van der Waals surface area contributed by atoms with Crippen LogP contribution in [0.3, 0.4) is 0 Å². The standard InChI is InChI=1S/2C13H9.2C11H8O2.Ti/c2*1-3-7-12-10(5-1)9-11-6-2-4-8-13(11)12;2*12-11(13)10-7-3-5-8-4-1-2-6-9(8)10;/h2*1-9H;2*1-7H,(H,12,13);/q2*-1;;;+2. The van der Waals surface area contributed by atoms with Gasteiger partial charge >= 0.3 is 33.7 Å². The molecule has 2 N–H and O–H groups in total. The Balaban J connectivity index is 0.000000120. The molecular weight excluding hydrogens is 688 g/mol. The van der Waals surface area contributed by atoms with Crippen molar-refractivity contribution in [3.8, 4) is 0 Å². The van der Waals surface area contributed by atoms with Crippen LogP contribution in [0, 0.1) is 0 Å². The minimum Gasteiger partial charge on any atom is -0.478 e. The molecule has 0 radical (unpaired) electrons. The molecule has 0 aliphatic heterocycles. The van der Waals surface area contributed by atoms with Crippen molar-refractivity contribution in [3.63, 3.8) is 0 Å². The van der Waals surface area contributed by atoms with E-state index in [-0.39, 0.29) is 21.7 Å². The van der Waals surface area contributed by atoms with E-state index in [1.807, 2.05) is 60.7 Å². The van der Waals surface area contributed by atoms with E-state index < -0.39 is 11.9 Å². The van der Waals surface area contributed by atoms with E-state index in [9.17, 15) is 9.59 Å². The van der Waals surface area contributed by atoms with E-state index in [4.69, 9.17) is 10.2 Å². The maximum absolute atomic E-state index is 10.8. The molecule has 10 rings (SSSR count). The molecule has 0 unspecified atom stereocenters. The molecule has 0 bridgehead atoms. The summed E-state index contributed by atoms with van der Waals surface area (Å²) in [6.07, 6.45) is 0. The maximum Gasteiger partial charge on any atom is 2.00 e. The smallest absolute Gasteiger partial charge is 0.478 e. The monoisotopic (exact) mass is 722 g/mol. The van der Waals surface area contributed by atoms with Gasteiger partial charge in [0.25, 0.3) is 0 Å². The van der Waals surface area contributed by atoms with Gasteiger partial charge in [-0.15, -0.1) is 79.5 Å². The molecular formula is C48H34O4Ti. The first-order chi connectivity index (χ1) is 25.5. The molecule has 254 valence electrons. The van der Waals surface area contributed by atoms with Crippen LogP contribution in [-0.2, 0) is 21.7 Å². The number of fused-ring (bicyclic) bond motifs is 8. The van der Waals surface area contributed by atoms with Gasteiger partial charge in [0.2, 0.25) is 0 Å². The Kier molecular flexibility index (Phi) is 11.6. The second-order valence-electron chi connectivity index (χ2n) is 12.3. The van der Waals surface area contributed by atoms with Gasteiger partial charge in [-0.2, -0.15) is 0 Å². The first-order valence-electron chi connectivity index (χ1n) is 17.0. The van der Waals surface area contributed by atoms with Gasteiger partial charge < -0.3 is 10.2 Å². The van der Waals surface area contributed by atoms with Gasteiger partial charge in [0.15, 0.2) is 0 Å². The first kappa shape index (κ1) is 36.5. The molecule has 0 amide bonds. The molecule has 0 aliphatic carbocycles. The molecule has 4 nitrogen and oxygen atoms in total. The van der Waals surface area contributed by atoms with Crippen LogP contribution in [0.5, 0.6) is 0 Å². The van der Waals surface area contributed by atoms with Crippen LogP contribution in [0.15, 0.2) is 194 Å². The molecule has 0 saturated heterocycles. The van der Waals surface area contributed by atoms with Gasteiger partial charge in [-0.05, 0) is 33.7 Å². The number of hydrogen-bond acceptors (Lipinski definition) is 2. The van der Waals surface area contributed by atoms with Crippen LogP contribution in [0.2, 0.25) is 0 Å². The summed E-state index contributed by atoms with van der Waals surface area (Å²) < 4.78 is 0. The molecule has 0 aliphatic rings. The van der Waals surface area contributed by atoms with E-state index in [2.05, 4.69) is 109 Å². The molecule has 0 atom stereocenters. The fourth-order valence-corrected chi connectivity index (χ4v) is 6.63. The minimum atomic E-state index is -0.878. The van der Waals surface area contributed by atoms with Crippen LogP contribution in [-0.4, -0.2) is 22.2 Å². The third-order valence-corrected chi connectivity index (χ3v) is 9.09. The zero-order valence-electron chi connectivity index (χ0n) is 28.7. The summed E-state index contributed by atoms with van der Waals surface area (Å²) in [5.74, 6) is -1.76. The van der Waals surface area contributed by atoms with Crippen molar-refractivity contribution in [2.75, 3.05) is 0 Å². The Labute approximate surface area is 321 Å². The van der Waals surface area contributed by atoms with Crippen molar-refractivity contribution in [2.45, 2.75) is 0 Å². The Bertz CT molecular complexity index is 2520. The van der Waals surface area contributed by atoms with Gasteiger partial charge in [-0.1, -0.05) is 146 Å². The van der Waals surface area contributed by atoms with E-state index >= 15 is 0 Å². The number of benzene rings is 8. The quantitative estimate of drug-likeness (QED) is 0.138. The molecule has 0 saturated carbocycles. The Morgan fingerprint density at radius 2 is 0.566 bits per heavy atom. The topological polar surface area (TPSA) is 74.6 Å². The van der Waals surface area contributed by atoms with Gasteiger partial charge in [-0.3, -0.25) is 0 Å². The van der Waals surface area contributed by atoms with E-state index in [1.165, 1.54) is 43.1 Å². The predicted octanol–water partition coefficient (Wildman–Crippen LogP) is 12.5. The van der Waals surface area contributed by atoms with Gasteiger partial charge in [0.05, 0.1) is 11.1 Å². The van der Waals surface area contributed by atoms with Crippen molar-refractivity contribution in [1.29, 1.82) is 0 Å². The van der Waals surface area contributed by atoms with Crippen molar-refractivity contribution < 1.29 is 41.5 Å². The third kappa shape index (κ3) is 8.11. The summed E-state index contributed by atoms with van der Waals surface area (Å²) in [5.41, 5.74) is 0.719. The molecule has 5 heteroatoms. The normalized spacial score (nSPS) is 10.4. The SMILES string of the molecule is O=C(O)c1cccc2ccccc12.O=C(O)c1cccc2ccccc12.[Ti+2].c1ccc2c(c1)[cH-]c1ccccc12.c1ccc2c(c1)[cH-]c1ccccc12. The van der Waals surface area contributed by atoms with E-state index in [1.54, 1.807) is 24.3 Å². The van der Waals surface area contributed by atoms with Crippen molar-refractivity contribution in [3.05, 3.63) is 205 Å². The largest absolute Gasteiger partial charge is 2.00 e. The van der Waals surface area contributed by atoms with E-state index in [0.29, 0.717) is 11.1 Å². The fraction of sp³-hybridized carbons (Fsp3) is 0. The average Bonchev–Trinajstić information content (AvgIpc) is 3.77. The average molecular weight is 723 g/mol. The summed E-state index contributed by atoms with van der Waals surface area (Å²) in [4.78, 5) is 21.6. The summed E-state index contributed by atoms with van der Waals surface area (Å²) in [6.45, 7) is 0. The van der Waals surface area contributed by atoms with E-state index in [0.717, 1.165) is 21.5 Å². The zero-order chi connectivity index (χ0) is 35.9. The first-order valence-corrected chi connectivity index (χ1v) is 17.0. The summed E-state index contributed by atoms with van der Waals surface area (Å²) in [6, 6.07) is 64.0. The number of aromatic carboxylic acids is 2. The van der Waals surface area contributed by atoms with Crippen LogP contribution in [0.1, 0.15) is 20.7 Å². The van der Waals surface area contributed by atoms with Crippen LogP contribution in [0.25, 0.3) is 64.6 Å². The fourth-order valence-electron chi connectivity index (χ4n) is 6.63. The molecule has 53 heavy (non-hydrogen) atoms. The zero-order valence-corrected chi connectivity index (χ0v) is 30.2. The van der Waals surface area contributed by atoms with Crippen molar-refractivity contribution in [2.24, 2.45) is 0 Å². The summed E-state index contributed by atoms with van der Waals surface area (Å²) >= 11 is 0. The molecule has 10 aromatic carbocycles. The van der Waals surface area contributed by atoms with Crippen molar-refractivity contribution in [1.82, 2.24) is 0 Å². The maximum atomic E-state index is 10.8. The predicted molar refractivity (Wildman–Crippen MR) is 216 cm³/mol. The number of rotatable bonds is 2. The second kappa shape index (κ2) is 16.8. The Morgan fingerprint density at radius 1 is 0.321 bits per heavy atom. The van der Waals surface area contributed by atoms with Gasteiger partial charge in [-0.25, -0.2) is 9.59 Å². The molecule has 0 fully saturated rings. The number of carboxylic acid groups (broad SMARTS) is 2.